The summed E-state index contributed by atoms with van der Waals surface area (Å²) in [5.41, 5.74) is 2.14. The van der Waals surface area contributed by atoms with Crippen LogP contribution in [0.2, 0.25) is 0 Å². The maximum absolute atomic E-state index is 5.52. The molecule has 0 aliphatic carbocycles. The number of nitrogens with zero attached hydrogens (tertiary/aromatic N) is 6. The van der Waals surface area contributed by atoms with Gasteiger partial charge in [-0.2, -0.15) is 0 Å². The highest BCUT2D eigenvalue weighted by Gasteiger charge is 2.07. The molecule has 0 saturated carbocycles. The summed E-state index contributed by atoms with van der Waals surface area (Å²) in [4.78, 5) is 0. The van der Waals surface area contributed by atoms with Gasteiger partial charge in [0.05, 0.1) is 110 Å². The summed E-state index contributed by atoms with van der Waals surface area (Å²) >= 11 is 0. The molecule has 2 aromatic heterocycles. The minimum Gasteiger partial charge on any atom is -0.378 e. The van der Waals surface area contributed by atoms with E-state index in [1.807, 2.05) is 35.9 Å². The van der Waals surface area contributed by atoms with E-state index in [4.69, 9.17) is 28.4 Å². The average molecular weight is 601 g/mol. The van der Waals surface area contributed by atoms with Gasteiger partial charge in [0.15, 0.2) is 0 Å². The van der Waals surface area contributed by atoms with Crippen LogP contribution in [0.15, 0.2) is 12.4 Å². The Morgan fingerprint density at radius 1 is 0.619 bits per heavy atom. The third-order valence-corrected chi connectivity index (χ3v) is 5.78. The largest absolute Gasteiger partial charge is 0.378 e. The molecule has 0 bridgehead atoms. The molecule has 0 aliphatic rings. The van der Waals surface area contributed by atoms with Crippen LogP contribution in [0.4, 0.5) is 0 Å². The predicted molar refractivity (Wildman–Crippen MR) is 161 cm³/mol. The lowest BCUT2D eigenvalue weighted by Gasteiger charge is -2.09. The molecule has 14 nitrogen and oxygen atoms in total. The molecule has 2 N–H and O–H groups in total. The molecule has 0 fully saturated rings. The number of nitrogens with one attached hydrogen (secondary N) is 2. The molecule has 2 aromatic rings. The molecule has 244 valence electrons. The van der Waals surface area contributed by atoms with Crippen LogP contribution in [-0.2, 0) is 41.5 Å². The summed E-state index contributed by atoms with van der Waals surface area (Å²) in [5, 5.41) is 22.2. The van der Waals surface area contributed by atoms with Gasteiger partial charge in [-0.05, 0) is 25.9 Å². The summed E-state index contributed by atoms with van der Waals surface area (Å²) in [5.74, 6) is 0.828. The van der Waals surface area contributed by atoms with Crippen molar-refractivity contribution < 1.29 is 28.4 Å². The van der Waals surface area contributed by atoms with Gasteiger partial charge in [0.1, 0.15) is 0 Å². The van der Waals surface area contributed by atoms with Crippen LogP contribution in [0.3, 0.4) is 0 Å². The van der Waals surface area contributed by atoms with E-state index < -0.39 is 0 Å². The Balaban J connectivity index is 0.000000420. The average Bonchev–Trinajstić information content (AvgIpc) is 3.65. The van der Waals surface area contributed by atoms with E-state index in [1.54, 1.807) is 0 Å². The Bertz CT molecular complexity index is 852. The molecule has 0 saturated heterocycles. The first kappa shape index (κ1) is 38.0. The molecule has 0 atom stereocenters. The van der Waals surface area contributed by atoms with Crippen LogP contribution in [0.25, 0.3) is 0 Å². The van der Waals surface area contributed by atoms with Crippen molar-refractivity contribution in [2.24, 2.45) is 0 Å². The Morgan fingerprint density at radius 2 is 1.10 bits per heavy atom. The number of rotatable bonds is 26. The number of hydrogen-bond acceptors (Lipinski definition) is 12. The highest BCUT2D eigenvalue weighted by Crippen LogP contribution is 2.11. The van der Waals surface area contributed by atoms with Crippen molar-refractivity contribution >= 4 is 0 Å². The third-order valence-electron chi connectivity index (χ3n) is 5.78. The van der Waals surface area contributed by atoms with Crippen molar-refractivity contribution in [3.63, 3.8) is 0 Å². The van der Waals surface area contributed by atoms with Gasteiger partial charge in [-0.3, -0.25) is 0 Å². The van der Waals surface area contributed by atoms with Crippen LogP contribution in [-0.4, -0.2) is 136 Å². The van der Waals surface area contributed by atoms with Gasteiger partial charge in [-0.25, -0.2) is 9.36 Å². The molecule has 0 radical (unpaired) electrons. The van der Waals surface area contributed by atoms with E-state index in [1.165, 1.54) is 0 Å². The van der Waals surface area contributed by atoms with Gasteiger partial charge in [0.25, 0.3) is 0 Å². The molecule has 0 amide bonds. The van der Waals surface area contributed by atoms with Crippen LogP contribution in [0, 0.1) is 0 Å². The molecule has 42 heavy (non-hydrogen) atoms. The van der Waals surface area contributed by atoms with E-state index in [0.29, 0.717) is 97.7 Å². The minimum atomic E-state index is 0.406. The SMILES string of the molecule is CNCCOCCOCCOCCn1cc(C(C)C)nn1.CNCCOCCOCCOCCn1nncc1C(C)C. The van der Waals surface area contributed by atoms with E-state index in [0.717, 1.165) is 31.0 Å². The van der Waals surface area contributed by atoms with Crippen molar-refractivity contribution in [1.82, 2.24) is 40.6 Å². The third kappa shape index (κ3) is 20.0. The fourth-order valence-corrected chi connectivity index (χ4v) is 3.32. The van der Waals surface area contributed by atoms with Crippen molar-refractivity contribution in [3.05, 3.63) is 23.8 Å². The molecule has 14 heteroatoms. The number of hydrogen-bond donors (Lipinski definition) is 2. The molecule has 2 heterocycles. The maximum Gasteiger partial charge on any atom is 0.0852 e. The van der Waals surface area contributed by atoms with Gasteiger partial charge in [-0.1, -0.05) is 38.1 Å². The first-order chi connectivity index (χ1) is 20.5. The monoisotopic (exact) mass is 600 g/mol. The lowest BCUT2D eigenvalue weighted by atomic mass is 10.1. The first-order valence-corrected chi connectivity index (χ1v) is 15.0. The standard InChI is InChI=1S/2C14H28N4O3/c1-13(2)14-12-18(17-16-14)5-7-20-9-11-21-10-8-19-6-4-15-3;1-13(2)14-12-16-17-18(14)5-7-20-9-11-21-10-8-19-6-4-15-3/h2*12-13,15H,4-11H2,1-3H3. The van der Waals surface area contributed by atoms with E-state index in [9.17, 15) is 0 Å². The van der Waals surface area contributed by atoms with Crippen molar-refractivity contribution in [2.45, 2.75) is 52.6 Å². The summed E-state index contributed by atoms with van der Waals surface area (Å²) in [6, 6.07) is 0. The molecule has 0 aliphatic heterocycles. The molecule has 0 spiro atoms. The second kappa shape index (κ2) is 26.6. The van der Waals surface area contributed by atoms with Gasteiger partial charge < -0.3 is 39.1 Å². The Kier molecular flexibility index (Phi) is 24.0. The van der Waals surface area contributed by atoms with Crippen LogP contribution >= 0.6 is 0 Å². The van der Waals surface area contributed by atoms with Gasteiger partial charge in [-0.15, -0.1) is 10.2 Å². The Morgan fingerprint density at radius 3 is 1.55 bits per heavy atom. The van der Waals surface area contributed by atoms with E-state index >= 15 is 0 Å². The van der Waals surface area contributed by atoms with Gasteiger partial charge >= 0.3 is 0 Å². The molecular formula is C28H56N8O6. The zero-order valence-corrected chi connectivity index (χ0v) is 26.8. The lowest BCUT2D eigenvalue weighted by Crippen LogP contribution is -2.17. The fourth-order valence-electron chi connectivity index (χ4n) is 3.32. The molecule has 0 unspecified atom stereocenters. The van der Waals surface area contributed by atoms with Crippen LogP contribution < -0.4 is 10.6 Å². The second-order valence-electron chi connectivity index (χ2n) is 9.98. The normalized spacial score (nSPS) is 11.4. The summed E-state index contributed by atoms with van der Waals surface area (Å²) in [6.07, 6.45) is 3.77. The number of likely N-dealkylation sites (N-methyl/N-ethyl adjacent to an activating group) is 2. The molecule has 0 aromatic carbocycles. The second-order valence-corrected chi connectivity index (χ2v) is 9.98. The van der Waals surface area contributed by atoms with Crippen LogP contribution in [0.5, 0.6) is 0 Å². The summed E-state index contributed by atoms with van der Waals surface area (Å²) < 4.78 is 36.2. The lowest BCUT2D eigenvalue weighted by molar-refractivity contribution is 0.0133. The highest BCUT2D eigenvalue weighted by atomic mass is 16.5. The van der Waals surface area contributed by atoms with Gasteiger partial charge in [0, 0.05) is 19.3 Å². The summed E-state index contributed by atoms with van der Waals surface area (Å²) in [6.45, 7) is 19.1. The highest BCUT2D eigenvalue weighted by molar-refractivity contribution is 4.99. The van der Waals surface area contributed by atoms with Crippen molar-refractivity contribution in [1.29, 1.82) is 0 Å². The molecular weight excluding hydrogens is 544 g/mol. The van der Waals surface area contributed by atoms with Crippen molar-refractivity contribution in [3.8, 4) is 0 Å². The van der Waals surface area contributed by atoms with Crippen molar-refractivity contribution in [2.75, 3.05) is 106 Å². The van der Waals surface area contributed by atoms with E-state index in [2.05, 4.69) is 59.0 Å². The molecule has 2 rings (SSSR count). The quantitative estimate of drug-likeness (QED) is 0.151. The zero-order valence-electron chi connectivity index (χ0n) is 26.8. The first-order valence-electron chi connectivity index (χ1n) is 15.0. The smallest absolute Gasteiger partial charge is 0.0852 e. The number of aromatic nitrogens is 6. The van der Waals surface area contributed by atoms with E-state index in [-0.39, 0.29) is 0 Å². The maximum atomic E-state index is 5.52. The number of ether oxygens (including phenoxy) is 6. The van der Waals surface area contributed by atoms with Gasteiger partial charge in [0.2, 0.25) is 0 Å². The van der Waals surface area contributed by atoms with Crippen LogP contribution in [0.1, 0.15) is 50.9 Å². The summed E-state index contributed by atoms with van der Waals surface area (Å²) in [7, 11) is 3.81. The Labute approximate surface area is 252 Å². The zero-order chi connectivity index (χ0) is 30.7. The predicted octanol–water partition coefficient (Wildman–Crippen LogP) is 1.34. The minimum absolute atomic E-state index is 0.406. The fraction of sp³-hybridized carbons (Fsp3) is 0.857. The Hall–Kier alpha value is -2.04. The topological polar surface area (TPSA) is 141 Å².